The third kappa shape index (κ3) is 3.46. The van der Waals surface area contributed by atoms with Gasteiger partial charge >= 0.3 is 0 Å². The summed E-state index contributed by atoms with van der Waals surface area (Å²) >= 11 is 0. The van der Waals surface area contributed by atoms with Gasteiger partial charge in [-0.3, -0.25) is 4.90 Å². The van der Waals surface area contributed by atoms with Crippen molar-refractivity contribution >= 4 is 0 Å². The summed E-state index contributed by atoms with van der Waals surface area (Å²) < 4.78 is 11.1. The molecular weight excluding hydrogens is 258 g/mol. The van der Waals surface area contributed by atoms with Gasteiger partial charge in [0.25, 0.3) is 5.89 Å². The van der Waals surface area contributed by atoms with Crippen LogP contribution in [-0.2, 0) is 6.54 Å². The first kappa shape index (κ1) is 14.7. The minimum atomic E-state index is 0.126. The van der Waals surface area contributed by atoms with Crippen molar-refractivity contribution in [3.63, 3.8) is 0 Å². The molecule has 0 fully saturated rings. The largest absolute Gasteiger partial charge is 0.466 e. The Balaban J connectivity index is 2.10. The van der Waals surface area contributed by atoms with Gasteiger partial charge in [0.2, 0.25) is 5.89 Å². The second-order valence-electron chi connectivity index (χ2n) is 4.83. The lowest BCUT2D eigenvalue weighted by molar-refractivity contribution is 0.179. The number of aliphatic hydroxyl groups excluding tert-OH is 1. The zero-order valence-electron chi connectivity index (χ0n) is 12.2. The normalized spacial score (nSPS) is 11.4. The second kappa shape index (κ2) is 6.67. The predicted octanol–water partition coefficient (Wildman–Crippen LogP) is 2.15. The van der Waals surface area contributed by atoms with Gasteiger partial charge in [0.05, 0.1) is 18.7 Å². The molecule has 20 heavy (non-hydrogen) atoms. The van der Waals surface area contributed by atoms with E-state index in [0.29, 0.717) is 24.9 Å². The SMILES string of the molecule is CCCN(CCO)Cc1nnc(-c2cc(C)oc2C)o1. The van der Waals surface area contributed by atoms with Crippen molar-refractivity contribution in [2.75, 3.05) is 19.7 Å². The monoisotopic (exact) mass is 279 g/mol. The van der Waals surface area contributed by atoms with Crippen LogP contribution in [0, 0.1) is 13.8 Å². The van der Waals surface area contributed by atoms with E-state index in [0.717, 1.165) is 30.0 Å². The smallest absolute Gasteiger partial charge is 0.251 e. The van der Waals surface area contributed by atoms with Gasteiger partial charge < -0.3 is 13.9 Å². The summed E-state index contributed by atoms with van der Waals surface area (Å²) in [5.74, 6) is 2.64. The molecule has 0 radical (unpaired) electrons. The van der Waals surface area contributed by atoms with Crippen molar-refractivity contribution in [1.82, 2.24) is 15.1 Å². The number of hydrogen-bond acceptors (Lipinski definition) is 6. The molecule has 110 valence electrons. The van der Waals surface area contributed by atoms with Crippen LogP contribution in [0.15, 0.2) is 14.9 Å². The average molecular weight is 279 g/mol. The highest BCUT2D eigenvalue weighted by atomic mass is 16.4. The number of rotatable bonds is 7. The highest BCUT2D eigenvalue weighted by Gasteiger charge is 2.16. The maximum absolute atomic E-state index is 9.04. The summed E-state index contributed by atoms with van der Waals surface area (Å²) in [5.41, 5.74) is 0.838. The molecule has 6 nitrogen and oxygen atoms in total. The van der Waals surface area contributed by atoms with Crippen molar-refractivity contribution in [2.24, 2.45) is 0 Å². The minimum absolute atomic E-state index is 0.126. The molecule has 2 heterocycles. The van der Waals surface area contributed by atoms with Crippen LogP contribution in [0.4, 0.5) is 0 Å². The Kier molecular flexibility index (Phi) is 4.92. The third-order valence-corrected chi connectivity index (χ3v) is 3.05. The lowest BCUT2D eigenvalue weighted by Gasteiger charge is -2.17. The Hall–Kier alpha value is -1.66. The molecule has 0 amide bonds. The Bertz CT molecular complexity index is 542. The molecular formula is C14H21N3O3. The van der Waals surface area contributed by atoms with E-state index in [-0.39, 0.29) is 6.61 Å². The minimum Gasteiger partial charge on any atom is -0.466 e. The fourth-order valence-corrected chi connectivity index (χ4v) is 2.19. The standard InChI is InChI=1S/C14H21N3O3/c1-4-5-17(6-7-18)9-13-15-16-14(20-13)12-8-10(2)19-11(12)3/h8,18H,4-7,9H2,1-3H3. The molecule has 0 saturated heterocycles. The van der Waals surface area contributed by atoms with E-state index in [1.807, 2.05) is 19.9 Å². The molecule has 2 aromatic heterocycles. The van der Waals surface area contributed by atoms with E-state index in [1.165, 1.54) is 0 Å². The lowest BCUT2D eigenvalue weighted by atomic mass is 10.2. The van der Waals surface area contributed by atoms with Crippen molar-refractivity contribution in [1.29, 1.82) is 0 Å². The molecule has 0 aliphatic heterocycles. The highest BCUT2D eigenvalue weighted by molar-refractivity contribution is 5.55. The summed E-state index contributed by atoms with van der Waals surface area (Å²) in [5, 5.41) is 17.2. The molecule has 0 aliphatic rings. The second-order valence-corrected chi connectivity index (χ2v) is 4.83. The van der Waals surface area contributed by atoms with E-state index in [1.54, 1.807) is 0 Å². The summed E-state index contributed by atoms with van der Waals surface area (Å²) in [6.45, 7) is 8.04. The number of aryl methyl sites for hydroxylation is 2. The number of aliphatic hydroxyl groups is 1. The first-order valence-corrected chi connectivity index (χ1v) is 6.87. The first-order chi connectivity index (χ1) is 9.63. The number of furan rings is 1. The van der Waals surface area contributed by atoms with E-state index >= 15 is 0 Å². The number of hydrogen-bond donors (Lipinski definition) is 1. The van der Waals surface area contributed by atoms with Crippen LogP contribution >= 0.6 is 0 Å². The molecule has 0 aliphatic carbocycles. The molecule has 2 rings (SSSR count). The van der Waals surface area contributed by atoms with Crippen LogP contribution in [-0.4, -0.2) is 39.9 Å². The maximum Gasteiger partial charge on any atom is 0.251 e. The van der Waals surface area contributed by atoms with Gasteiger partial charge in [-0.15, -0.1) is 10.2 Å². The molecule has 0 unspecified atom stereocenters. The Labute approximate surface area is 118 Å². The van der Waals surface area contributed by atoms with Gasteiger partial charge in [0.1, 0.15) is 11.5 Å². The van der Waals surface area contributed by atoms with Gasteiger partial charge in [-0.1, -0.05) is 6.92 Å². The highest BCUT2D eigenvalue weighted by Crippen LogP contribution is 2.25. The lowest BCUT2D eigenvalue weighted by Crippen LogP contribution is -2.27. The van der Waals surface area contributed by atoms with Crippen LogP contribution in [0.1, 0.15) is 30.8 Å². The summed E-state index contributed by atoms with van der Waals surface area (Å²) in [7, 11) is 0. The van der Waals surface area contributed by atoms with Crippen LogP contribution in [0.25, 0.3) is 11.5 Å². The summed E-state index contributed by atoms with van der Waals surface area (Å²) in [6, 6.07) is 1.89. The van der Waals surface area contributed by atoms with Gasteiger partial charge in [-0.2, -0.15) is 0 Å². The maximum atomic E-state index is 9.04. The quantitative estimate of drug-likeness (QED) is 0.837. The summed E-state index contributed by atoms with van der Waals surface area (Å²) in [4.78, 5) is 2.09. The zero-order valence-corrected chi connectivity index (χ0v) is 12.2. The fourth-order valence-electron chi connectivity index (χ4n) is 2.19. The van der Waals surface area contributed by atoms with Crippen LogP contribution < -0.4 is 0 Å². The van der Waals surface area contributed by atoms with Gasteiger partial charge in [0, 0.05) is 6.54 Å². The van der Waals surface area contributed by atoms with Crippen molar-refractivity contribution in [2.45, 2.75) is 33.7 Å². The van der Waals surface area contributed by atoms with E-state index in [2.05, 4.69) is 22.0 Å². The van der Waals surface area contributed by atoms with Crippen molar-refractivity contribution < 1.29 is 13.9 Å². The average Bonchev–Trinajstić information content (AvgIpc) is 2.96. The molecule has 1 N–H and O–H groups in total. The Morgan fingerprint density at radius 1 is 1.20 bits per heavy atom. The van der Waals surface area contributed by atoms with Crippen molar-refractivity contribution in [3.05, 3.63) is 23.5 Å². The van der Waals surface area contributed by atoms with E-state index in [4.69, 9.17) is 13.9 Å². The first-order valence-electron chi connectivity index (χ1n) is 6.87. The molecule has 2 aromatic rings. The van der Waals surface area contributed by atoms with E-state index in [9.17, 15) is 0 Å². The number of nitrogens with zero attached hydrogens (tertiary/aromatic N) is 3. The Morgan fingerprint density at radius 2 is 2.00 bits per heavy atom. The topological polar surface area (TPSA) is 75.5 Å². The third-order valence-electron chi connectivity index (χ3n) is 3.05. The van der Waals surface area contributed by atoms with Crippen LogP contribution in [0.5, 0.6) is 0 Å². The number of aromatic nitrogens is 2. The zero-order chi connectivity index (χ0) is 14.5. The fraction of sp³-hybridized carbons (Fsp3) is 0.571. The Morgan fingerprint density at radius 3 is 2.60 bits per heavy atom. The predicted molar refractivity (Wildman–Crippen MR) is 74.1 cm³/mol. The molecule has 0 saturated carbocycles. The molecule has 0 aromatic carbocycles. The summed E-state index contributed by atoms with van der Waals surface area (Å²) in [6.07, 6.45) is 1.01. The van der Waals surface area contributed by atoms with Crippen LogP contribution in [0.3, 0.4) is 0 Å². The van der Waals surface area contributed by atoms with Gasteiger partial charge in [0.15, 0.2) is 0 Å². The van der Waals surface area contributed by atoms with Crippen LogP contribution in [0.2, 0.25) is 0 Å². The van der Waals surface area contributed by atoms with E-state index < -0.39 is 0 Å². The molecule has 0 atom stereocenters. The van der Waals surface area contributed by atoms with Gasteiger partial charge in [-0.05, 0) is 32.9 Å². The molecule has 0 spiro atoms. The molecule has 0 bridgehead atoms. The molecule has 6 heteroatoms. The van der Waals surface area contributed by atoms with Gasteiger partial charge in [-0.25, -0.2) is 0 Å². The van der Waals surface area contributed by atoms with Crippen molar-refractivity contribution in [3.8, 4) is 11.5 Å².